The van der Waals surface area contributed by atoms with E-state index in [-0.39, 0.29) is 0 Å². The van der Waals surface area contributed by atoms with Gasteiger partial charge < -0.3 is 14.0 Å². The maximum absolute atomic E-state index is 6.16. The minimum absolute atomic E-state index is 0.782. The van der Waals surface area contributed by atoms with E-state index < -0.39 is 8.38 Å². The highest BCUT2D eigenvalue weighted by Gasteiger charge is 2.21. The summed E-state index contributed by atoms with van der Waals surface area (Å²) in [6, 6.07) is 27.7. The molecule has 0 aliphatic heterocycles. The highest BCUT2D eigenvalue weighted by Crippen LogP contribution is 2.40. The summed E-state index contributed by atoms with van der Waals surface area (Å²) in [6.07, 6.45) is 0. The second-order valence-corrected chi connectivity index (χ2v) is 7.73. The van der Waals surface area contributed by atoms with Gasteiger partial charge in [0.1, 0.15) is 16.9 Å². The van der Waals surface area contributed by atoms with Crippen LogP contribution in [-0.4, -0.2) is 4.98 Å². The molecule has 0 spiro atoms. The first-order valence-corrected chi connectivity index (χ1v) is 9.79. The van der Waals surface area contributed by atoms with Gasteiger partial charge in [-0.2, -0.15) is 0 Å². The van der Waals surface area contributed by atoms with E-state index in [0.717, 1.165) is 32.3 Å². The van der Waals surface area contributed by atoms with E-state index in [9.17, 15) is 0 Å². The Morgan fingerprint density at radius 2 is 1.32 bits per heavy atom. The highest BCUT2D eigenvalue weighted by atomic mass is 79.9. The molecule has 0 bridgehead atoms. The molecule has 0 atom stereocenters. The molecule has 1 heterocycles. The SMILES string of the molecule is Brc1ccc2[nH]c(P(Oc3ccccc3)Oc3ccccc3)cc2c1. The Morgan fingerprint density at radius 1 is 0.720 bits per heavy atom. The first-order chi connectivity index (χ1) is 12.3. The van der Waals surface area contributed by atoms with Gasteiger partial charge >= 0.3 is 8.38 Å². The third-order valence-electron chi connectivity index (χ3n) is 3.63. The second-order valence-electron chi connectivity index (χ2n) is 5.45. The van der Waals surface area contributed by atoms with Gasteiger partial charge in [-0.1, -0.05) is 52.3 Å². The standard InChI is InChI=1S/C20H15BrNO2P/c21-16-11-12-19-15(13-16)14-20(22-19)25(23-17-7-3-1-4-8-17)24-18-9-5-2-6-10-18/h1-14,22H. The van der Waals surface area contributed by atoms with E-state index in [0.29, 0.717) is 0 Å². The lowest BCUT2D eigenvalue weighted by Crippen LogP contribution is -2.10. The smallest absolute Gasteiger partial charge is 0.343 e. The summed E-state index contributed by atoms with van der Waals surface area (Å²) in [4.78, 5) is 3.42. The van der Waals surface area contributed by atoms with Crippen LogP contribution in [-0.2, 0) is 0 Å². The zero-order valence-electron chi connectivity index (χ0n) is 13.2. The van der Waals surface area contributed by atoms with Crippen molar-refractivity contribution in [1.29, 1.82) is 0 Å². The van der Waals surface area contributed by atoms with Crippen molar-refractivity contribution >= 4 is 40.6 Å². The molecule has 4 aromatic rings. The summed E-state index contributed by atoms with van der Waals surface area (Å²) < 4.78 is 13.4. The van der Waals surface area contributed by atoms with E-state index in [4.69, 9.17) is 9.05 Å². The summed E-state index contributed by atoms with van der Waals surface area (Å²) >= 11 is 3.52. The van der Waals surface area contributed by atoms with Crippen LogP contribution in [0, 0.1) is 0 Å². The Kier molecular flexibility index (Phi) is 4.73. The van der Waals surface area contributed by atoms with Crippen molar-refractivity contribution in [3.05, 3.63) is 89.4 Å². The average Bonchev–Trinajstić information content (AvgIpc) is 3.06. The first-order valence-electron chi connectivity index (χ1n) is 7.82. The Morgan fingerprint density at radius 3 is 1.92 bits per heavy atom. The van der Waals surface area contributed by atoms with Crippen LogP contribution in [0.25, 0.3) is 10.9 Å². The number of hydrogen-bond donors (Lipinski definition) is 1. The zero-order valence-corrected chi connectivity index (χ0v) is 15.7. The zero-order chi connectivity index (χ0) is 17.1. The lowest BCUT2D eigenvalue weighted by Gasteiger charge is -2.17. The average molecular weight is 412 g/mol. The Labute approximate surface area is 155 Å². The molecular weight excluding hydrogens is 397 g/mol. The van der Waals surface area contributed by atoms with Crippen molar-refractivity contribution in [2.45, 2.75) is 0 Å². The fraction of sp³-hybridized carbons (Fsp3) is 0. The van der Waals surface area contributed by atoms with E-state index in [2.05, 4.69) is 33.0 Å². The molecular formula is C20H15BrNO2P. The molecule has 1 N–H and O–H groups in total. The Hall–Kier alpha value is -2.29. The summed E-state index contributed by atoms with van der Waals surface area (Å²) in [7, 11) is -1.34. The van der Waals surface area contributed by atoms with Crippen molar-refractivity contribution < 1.29 is 9.05 Å². The van der Waals surface area contributed by atoms with Crippen molar-refractivity contribution in [1.82, 2.24) is 4.98 Å². The van der Waals surface area contributed by atoms with Crippen LogP contribution in [0.3, 0.4) is 0 Å². The van der Waals surface area contributed by atoms with Gasteiger partial charge in [-0.05, 0) is 48.5 Å². The van der Waals surface area contributed by atoms with Gasteiger partial charge in [0.15, 0.2) is 0 Å². The second kappa shape index (κ2) is 7.30. The fourth-order valence-electron chi connectivity index (χ4n) is 2.46. The molecule has 3 aromatic carbocycles. The molecule has 0 saturated carbocycles. The number of H-pyrrole nitrogens is 1. The number of para-hydroxylation sites is 2. The predicted octanol–water partition coefficient (Wildman–Crippen LogP) is 6.03. The number of aromatic nitrogens is 1. The van der Waals surface area contributed by atoms with Crippen LogP contribution in [0.15, 0.2) is 89.4 Å². The van der Waals surface area contributed by atoms with Gasteiger partial charge in [-0.3, -0.25) is 0 Å². The van der Waals surface area contributed by atoms with Crippen molar-refractivity contribution in [2.75, 3.05) is 0 Å². The molecule has 3 nitrogen and oxygen atoms in total. The van der Waals surface area contributed by atoms with Crippen LogP contribution < -0.4 is 14.5 Å². The maximum Gasteiger partial charge on any atom is 0.343 e. The normalized spacial score (nSPS) is 11.0. The van der Waals surface area contributed by atoms with Crippen LogP contribution in [0.5, 0.6) is 11.5 Å². The quantitative estimate of drug-likeness (QED) is 0.407. The lowest BCUT2D eigenvalue weighted by molar-refractivity contribution is 0.501. The number of rotatable bonds is 5. The lowest BCUT2D eigenvalue weighted by atomic mass is 10.3. The predicted molar refractivity (Wildman–Crippen MR) is 107 cm³/mol. The van der Waals surface area contributed by atoms with Crippen molar-refractivity contribution in [3.63, 3.8) is 0 Å². The molecule has 124 valence electrons. The highest BCUT2D eigenvalue weighted by molar-refractivity contribution is 9.10. The van der Waals surface area contributed by atoms with Crippen molar-refractivity contribution in [2.24, 2.45) is 0 Å². The van der Waals surface area contributed by atoms with Gasteiger partial charge in [0, 0.05) is 15.4 Å². The van der Waals surface area contributed by atoms with Gasteiger partial charge in [-0.15, -0.1) is 0 Å². The largest absolute Gasteiger partial charge is 0.434 e. The molecule has 0 saturated heterocycles. The van der Waals surface area contributed by atoms with Gasteiger partial charge in [-0.25, -0.2) is 0 Å². The molecule has 0 radical (unpaired) electrons. The molecule has 1 aromatic heterocycles. The first kappa shape index (κ1) is 16.2. The van der Waals surface area contributed by atoms with Crippen LogP contribution in [0.2, 0.25) is 0 Å². The summed E-state index contributed by atoms with van der Waals surface area (Å²) in [5.41, 5.74) is 1.98. The van der Waals surface area contributed by atoms with Gasteiger partial charge in [0.05, 0.1) is 0 Å². The number of aromatic amines is 1. The summed E-state index contributed by atoms with van der Waals surface area (Å²) in [5, 5.41) is 1.12. The van der Waals surface area contributed by atoms with Crippen molar-refractivity contribution in [3.8, 4) is 11.5 Å². The molecule has 0 aliphatic carbocycles. The fourth-order valence-corrected chi connectivity index (χ4v) is 4.15. The Balaban J connectivity index is 1.70. The number of fused-ring (bicyclic) bond motifs is 1. The van der Waals surface area contributed by atoms with Gasteiger partial charge in [0.25, 0.3) is 0 Å². The number of hydrogen-bond acceptors (Lipinski definition) is 2. The van der Waals surface area contributed by atoms with Crippen LogP contribution in [0.1, 0.15) is 0 Å². The molecule has 5 heteroatoms. The minimum Gasteiger partial charge on any atom is -0.434 e. The van der Waals surface area contributed by atoms with E-state index in [1.807, 2.05) is 72.8 Å². The molecule has 0 amide bonds. The van der Waals surface area contributed by atoms with Crippen LogP contribution in [0.4, 0.5) is 0 Å². The topological polar surface area (TPSA) is 34.2 Å². The summed E-state index contributed by atoms with van der Waals surface area (Å²) in [6.45, 7) is 0. The van der Waals surface area contributed by atoms with E-state index >= 15 is 0 Å². The number of benzene rings is 3. The molecule has 0 unspecified atom stereocenters. The maximum atomic E-state index is 6.16. The molecule has 4 rings (SSSR count). The van der Waals surface area contributed by atoms with Crippen LogP contribution >= 0.6 is 24.3 Å². The monoisotopic (exact) mass is 411 g/mol. The minimum atomic E-state index is -1.34. The van der Waals surface area contributed by atoms with E-state index in [1.165, 1.54) is 0 Å². The Bertz CT molecular complexity index is 931. The molecule has 25 heavy (non-hydrogen) atoms. The number of halogens is 1. The summed E-state index contributed by atoms with van der Waals surface area (Å²) in [5.74, 6) is 1.56. The molecule has 0 aliphatic rings. The van der Waals surface area contributed by atoms with E-state index in [1.54, 1.807) is 0 Å². The third kappa shape index (κ3) is 3.87. The molecule has 0 fully saturated rings. The van der Waals surface area contributed by atoms with Gasteiger partial charge in [0.2, 0.25) is 0 Å². The third-order valence-corrected chi connectivity index (χ3v) is 5.51. The number of nitrogens with one attached hydrogen (secondary N) is 1.